The van der Waals surface area contributed by atoms with Crippen molar-refractivity contribution in [1.82, 2.24) is 20.1 Å². The molecular formula is C21H16ClFN4O. The maximum absolute atomic E-state index is 14.0. The Morgan fingerprint density at radius 1 is 1.11 bits per heavy atom. The maximum Gasteiger partial charge on any atom is 0.252 e. The molecule has 2 heterocycles. The lowest BCUT2D eigenvalue weighted by molar-refractivity contribution is 0.0943. The first-order valence-electron chi connectivity index (χ1n) is 8.59. The number of nitrogens with zero attached hydrogens (tertiary/aromatic N) is 3. The largest absolute Gasteiger partial charge is 0.341 e. The van der Waals surface area contributed by atoms with Crippen molar-refractivity contribution in [3.8, 4) is 0 Å². The molecule has 140 valence electrons. The summed E-state index contributed by atoms with van der Waals surface area (Å²) in [5.41, 5.74) is 1.82. The average molecular weight is 395 g/mol. The van der Waals surface area contributed by atoms with Crippen LogP contribution in [0.4, 0.5) is 4.39 Å². The number of hydrogen-bond donors (Lipinski definition) is 1. The Bertz CT molecular complexity index is 1170. The third-order valence-corrected chi connectivity index (χ3v) is 4.82. The summed E-state index contributed by atoms with van der Waals surface area (Å²) in [6.45, 7) is 0. The molecule has 0 bridgehead atoms. The van der Waals surface area contributed by atoms with Gasteiger partial charge < -0.3 is 5.32 Å². The Balaban J connectivity index is 1.69. The van der Waals surface area contributed by atoms with Crippen LogP contribution in [0.1, 0.15) is 27.5 Å². The quantitative estimate of drug-likeness (QED) is 0.562. The van der Waals surface area contributed by atoms with Gasteiger partial charge in [0, 0.05) is 42.2 Å². The minimum absolute atomic E-state index is 0.0307. The number of aromatic nitrogens is 3. The van der Waals surface area contributed by atoms with E-state index in [0.717, 1.165) is 16.3 Å². The van der Waals surface area contributed by atoms with Crippen LogP contribution in [-0.2, 0) is 7.05 Å². The highest BCUT2D eigenvalue weighted by atomic mass is 35.5. The van der Waals surface area contributed by atoms with Gasteiger partial charge in [-0.2, -0.15) is 5.10 Å². The van der Waals surface area contributed by atoms with E-state index in [2.05, 4.69) is 15.4 Å². The fourth-order valence-corrected chi connectivity index (χ4v) is 3.20. The highest BCUT2D eigenvalue weighted by Crippen LogP contribution is 2.26. The number of fused-ring (bicyclic) bond motifs is 1. The van der Waals surface area contributed by atoms with E-state index in [4.69, 9.17) is 11.6 Å². The van der Waals surface area contributed by atoms with Gasteiger partial charge in [0.2, 0.25) is 0 Å². The van der Waals surface area contributed by atoms with Gasteiger partial charge in [-0.05, 0) is 41.3 Å². The standard InChI is InChI=1S/C21H16ClFN4O/c1-27-12-17(11-25-27)20(14-4-5-18(22)19(23)9-14)26-21(28)15-2-3-16-10-24-7-6-13(16)8-15/h2-12,20H,1H3,(H,26,28)/t20-/m0/s1. The van der Waals surface area contributed by atoms with Crippen LogP contribution in [0.2, 0.25) is 5.02 Å². The van der Waals surface area contributed by atoms with Gasteiger partial charge in [0.1, 0.15) is 5.82 Å². The van der Waals surface area contributed by atoms with E-state index in [9.17, 15) is 9.18 Å². The second kappa shape index (κ2) is 7.40. The van der Waals surface area contributed by atoms with E-state index in [1.54, 1.807) is 54.7 Å². The SMILES string of the molecule is Cn1cc([C@@H](NC(=O)c2ccc3cnccc3c2)c2ccc(Cl)c(F)c2)cn1. The Hall–Kier alpha value is -3.25. The molecule has 4 aromatic rings. The van der Waals surface area contributed by atoms with Crippen molar-refractivity contribution in [3.63, 3.8) is 0 Å². The van der Waals surface area contributed by atoms with Crippen LogP contribution in [0.3, 0.4) is 0 Å². The van der Waals surface area contributed by atoms with Crippen molar-refractivity contribution in [2.75, 3.05) is 0 Å². The van der Waals surface area contributed by atoms with Crippen LogP contribution in [0.15, 0.2) is 67.3 Å². The summed E-state index contributed by atoms with van der Waals surface area (Å²) >= 11 is 5.81. The van der Waals surface area contributed by atoms with E-state index in [1.807, 2.05) is 12.1 Å². The molecule has 1 N–H and O–H groups in total. The predicted molar refractivity (Wildman–Crippen MR) is 106 cm³/mol. The van der Waals surface area contributed by atoms with Crippen molar-refractivity contribution >= 4 is 28.3 Å². The van der Waals surface area contributed by atoms with Gasteiger partial charge in [0.05, 0.1) is 17.3 Å². The molecule has 1 atom stereocenters. The molecule has 0 aliphatic heterocycles. The first-order valence-corrected chi connectivity index (χ1v) is 8.97. The van der Waals surface area contributed by atoms with Gasteiger partial charge in [0.25, 0.3) is 5.91 Å². The zero-order valence-corrected chi connectivity index (χ0v) is 15.7. The van der Waals surface area contributed by atoms with E-state index in [0.29, 0.717) is 11.1 Å². The van der Waals surface area contributed by atoms with Crippen molar-refractivity contribution in [3.05, 3.63) is 94.8 Å². The molecule has 0 aliphatic rings. The van der Waals surface area contributed by atoms with Gasteiger partial charge in [-0.3, -0.25) is 14.5 Å². The zero-order valence-electron chi connectivity index (χ0n) is 14.9. The lowest BCUT2D eigenvalue weighted by atomic mass is 10.0. The third kappa shape index (κ3) is 3.59. The number of amides is 1. The summed E-state index contributed by atoms with van der Waals surface area (Å²) in [7, 11) is 1.78. The Morgan fingerprint density at radius 3 is 2.71 bits per heavy atom. The molecule has 28 heavy (non-hydrogen) atoms. The van der Waals surface area contributed by atoms with Crippen LogP contribution in [0.5, 0.6) is 0 Å². The third-order valence-electron chi connectivity index (χ3n) is 4.51. The van der Waals surface area contributed by atoms with Crippen molar-refractivity contribution in [1.29, 1.82) is 0 Å². The summed E-state index contributed by atoms with van der Waals surface area (Å²) in [6.07, 6.45) is 6.85. The molecule has 0 spiro atoms. The van der Waals surface area contributed by atoms with Crippen LogP contribution < -0.4 is 5.32 Å². The minimum atomic E-state index is -0.568. The molecule has 0 aliphatic carbocycles. The second-order valence-corrected chi connectivity index (χ2v) is 6.87. The van der Waals surface area contributed by atoms with Crippen molar-refractivity contribution in [2.24, 2.45) is 7.05 Å². The maximum atomic E-state index is 14.0. The summed E-state index contributed by atoms with van der Waals surface area (Å²) in [6, 6.07) is 11.2. The van der Waals surface area contributed by atoms with Crippen LogP contribution in [0, 0.1) is 5.82 Å². The molecule has 0 unspecified atom stereocenters. The molecular weight excluding hydrogens is 379 g/mol. The molecule has 0 saturated carbocycles. The molecule has 0 fully saturated rings. The molecule has 4 rings (SSSR count). The molecule has 2 aromatic carbocycles. The summed E-state index contributed by atoms with van der Waals surface area (Å²) in [5.74, 6) is -0.816. The van der Waals surface area contributed by atoms with Gasteiger partial charge in [-0.1, -0.05) is 23.7 Å². The topological polar surface area (TPSA) is 59.8 Å². The molecule has 2 aromatic heterocycles. The summed E-state index contributed by atoms with van der Waals surface area (Å²) in [5, 5.41) is 9.03. The number of pyridine rings is 1. The zero-order chi connectivity index (χ0) is 19.7. The van der Waals surface area contributed by atoms with Gasteiger partial charge >= 0.3 is 0 Å². The van der Waals surface area contributed by atoms with E-state index < -0.39 is 11.9 Å². The number of rotatable bonds is 4. The van der Waals surface area contributed by atoms with E-state index in [1.165, 1.54) is 12.1 Å². The minimum Gasteiger partial charge on any atom is -0.341 e. The van der Waals surface area contributed by atoms with Crippen molar-refractivity contribution in [2.45, 2.75) is 6.04 Å². The van der Waals surface area contributed by atoms with Gasteiger partial charge in [-0.25, -0.2) is 4.39 Å². The highest BCUT2D eigenvalue weighted by molar-refractivity contribution is 6.30. The number of benzene rings is 2. The van der Waals surface area contributed by atoms with Crippen LogP contribution >= 0.6 is 11.6 Å². The number of nitrogens with one attached hydrogen (secondary N) is 1. The Morgan fingerprint density at radius 2 is 1.96 bits per heavy atom. The number of carbonyl (C=O) groups excluding carboxylic acids is 1. The number of hydrogen-bond acceptors (Lipinski definition) is 3. The molecule has 5 nitrogen and oxygen atoms in total. The average Bonchev–Trinajstić information content (AvgIpc) is 3.13. The number of aryl methyl sites for hydroxylation is 1. The Kier molecular flexibility index (Phi) is 4.79. The summed E-state index contributed by atoms with van der Waals surface area (Å²) in [4.78, 5) is 17.0. The molecule has 0 saturated heterocycles. The van der Waals surface area contributed by atoms with Gasteiger partial charge in [-0.15, -0.1) is 0 Å². The fraction of sp³-hybridized carbons (Fsp3) is 0.0952. The van der Waals surface area contributed by atoms with E-state index in [-0.39, 0.29) is 10.9 Å². The van der Waals surface area contributed by atoms with Crippen molar-refractivity contribution < 1.29 is 9.18 Å². The first-order chi connectivity index (χ1) is 13.5. The lowest BCUT2D eigenvalue weighted by Crippen LogP contribution is -2.29. The molecule has 1 amide bonds. The highest BCUT2D eigenvalue weighted by Gasteiger charge is 2.20. The Labute approximate surface area is 165 Å². The number of carbonyl (C=O) groups is 1. The van der Waals surface area contributed by atoms with Crippen LogP contribution in [-0.4, -0.2) is 20.7 Å². The van der Waals surface area contributed by atoms with Gasteiger partial charge in [0.15, 0.2) is 0 Å². The molecule has 0 radical (unpaired) electrons. The molecule has 7 heteroatoms. The smallest absolute Gasteiger partial charge is 0.252 e. The monoisotopic (exact) mass is 394 g/mol. The lowest BCUT2D eigenvalue weighted by Gasteiger charge is -2.19. The van der Waals surface area contributed by atoms with E-state index >= 15 is 0 Å². The second-order valence-electron chi connectivity index (χ2n) is 6.46. The summed E-state index contributed by atoms with van der Waals surface area (Å²) < 4.78 is 15.7. The number of halogens is 2. The first kappa shape index (κ1) is 18.1. The predicted octanol–water partition coefficient (Wildman–Crippen LogP) is 4.28. The van der Waals surface area contributed by atoms with Crippen LogP contribution in [0.25, 0.3) is 10.8 Å². The fourth-order valence-electron chi connectivity index (χ4n) is 3.08. The normalized spacial score (nSPS) is 12.1.